The van der Waals surface area contributed by atoms with E-state index < -0.39 is 18.1 Å². The molecule has 27 heavy (non-hydrogen) atoms. The van der Waals surface area contributed by atoms with E-state index >= 15 is 0 Å². The van der Waals surface area contributed by atoms with Gasteiger partial charge in [-0.3, -0.25) is 9.69 Å². The van der Waals surface area contributed by atoms with Crippen molar-refractivity contribution in [2.24, 2.45) is 0 Å². The first-order valence-electron chi connectivity index (χ1n) is 8.31. The van der Waals surface area contributed by atoms with E-state index in [0.717, 1.165) is 11.1 Å². The van der Waals surface area contributed by atoms with Gasteiger partial charge in [-0.15, -0.1) is 0 Å². The Morgan fingerprint density at radius 2 is 1.48 bits per heavy atom. The van der Waals surface area contributed by atoms with Crippen LogP contribution >= 0.6 is 23.2 Å². The molecule has 1 fully saturated rings. The fourth-order valence-corrected chi connectivity index (χ4v) is 3.51. The van der Waals surface area contributed by atoms with E-state index in [1.54, 1.807) is 31.2 Å². The zero-order chi connectivity index (χ0) is 19.8. The third-order valence-corrected chi connectivity index (χ3v) is 5.29. The molecular formula is C19H17Cl2F3N2O. The van der Waals surface area contributed by atoms with Crippen LogP contribution in [0.15, 0.2) is 48.5 Å². The number of benzene rings is 2. The Bertz CT molecular complexity index is 764. The first kappa shape index (κ1) is 20.0. The van der Waals surface area contributed by atoms with E-state index in [1.807, 2.05) is 29.2 Å². The molecule has 1 N–H and O–H groups in total. The van der Waals surface area contributed by atoms with Gasteiger partial charge in [-0.25, -0.2) is 0 Å². The maximum atomic E-state index is 12.5. The lowest BCUT2D eigenvalue weighted by atomic mass is 9.88. The highest BCUT2D eigenvalue weighted by Crippen LogP contribution is 2.37. The standard InChI is InChI=1S/C19H17Cl2F3N2O/c1-11-16(25-18(27)19(22,23)24)10-26(11)17(12-2-6-14(20)7-3-12)13-4-8-15(21)9-5-13/h2-9,11,16-17H,10H2,1H3,(H,25,27)/t11-,16+/m0/s1. The Morgan fingerprint density at radius 3 is 1.85 bits per heavy atom. The number of likely N-dealkylation sites (tertiary alicyclic amines) is 1. The fraction of sp³-hybridized carbons (Fsp3) is 0.316. The number of hydrogen-bond acceptors (Lipinski definition) is 2. The van der Waals surface area contributed by atoms with Gasteiger partial charge < -0.3 is 5.32 Å². The third-order valence-electron chi connectivity index (χ3n) is 4.79. The maximum Gasteiger partial charge on any atom is 0.471 e. The number of carbonyl (C=O) groups is 1. The molecule has 2 aromatic carbocycles. The highest BCUT2D eigenvalue weighted by Gasteiger charge is 2.46. The molecule has 1 aliphatic heterocycles. The van der Waals surface area contributed by atoms with Crippen LogP contribution in [-0.4, -0.2) is 35.6 Å². The van der Waals surface area contributed by atoms with Gasteiger partial charge >= 0.3 is 12.1 Å². The highest BCUT2D eigenvalue weighted by atomic mass is 35.5. The van der Waals surface area contributed by atoms with Gasteiger partial charge in [0, 0.05) is 22.6 Å². The van der Waals surface area contributed by atoms with Crippen LogP contribution < -0.4 is 5.32 Å². The molecule has 3 rings (SSSR count). The molecule has 1 amide bonds. The molecule has 144 valence electrons. The lowest BCUT2D eigenvalue weighted by Crippen LogP contribution is -2.67. The molecule has 0 aliphatic carbocycles. The molecule has 0 spiro atoms. The average Bonchev–Trinajstić information content (AvgIpc) is 2.62. The predicted molar refractivity (Wildman–Crippen MR) is 98.9 cm³/mol. The van der Waals surface area contributed by atoms with Crippen molar-refractivity contribution in [2.75, 3.05) is 6.54 Å². The quantitative estimate of drug-likeness (QED) is 0.773. The van der Waals surface area contributed by atoms with E-state index in [1.165, 1.54) is 0 Å². The van der Waals surface area contributed by atoms with Gasteiger partial charge in [0.1, 0.15) is 0 Å². The first-order chi connectivity index (χ1) is 12.7. The molecule has 0 radical (unpaired) electrons. The summed E-state index contributed by atoms with van der Waals surface area (Å²) in [5.74, 6) is -1.91. The normalized spacial score (nSPS) is 20.4. The molecule has 1 heterocycles. The second kappa shape index (κ2) is 7.70. The summed E-state index contributed by atoms with van der Waals surface area (Å²) >= 11 is 12.0. The Morgan fingerprint density at radius 1 is 1.04 bits per heavy atom. The van der Waals surface area contributed by atoms with Crippen LogP contribution in [0.3, 0.4) is 0 Å². The second-order valence-corrected chi connectivity index (χ2v) is 7.39. The van der Waals surface area contributed by atoms with E-state index in [-0.39, 0.29) is 12.1 Å². The van der Waals surface area contributed by atoms with Crippen molar-refractivity contribution in [3.8, 4) is 0 Å². The molecule has 8 heteroatoms. The number of amides is 1. The van der Waals surface area contributed by atoms with Crippen molar-refractivity contribution in [2.45, 2.75) is 31.2 Å². The lowest BCUT2D eigenvalue weighted by Gasteiger charge is -2.51. The van der Waals surface area contributed by atoms with Crippen LogP contribution in [0.4, 0.5) is 13.2 Å². The topological polar surface area (TPSA) is 32.3 Å². The Balaban J connectivity index is 1.83. The van der Waals surface area contributed by atoms with Gasteiger partial charge in [0.25, 0.3) is 0 Å². The van der Waals surface area contributed by atoms with Gasteiger partial charge in [-0.05, 0) is 42.3 Å². The smallest absolute Gasteiger partial charge is 0.343 e. The van der Waals surface area contributed by atoms with Crippen molar-refractivity contribution < 1.29 is 18.0 Å². The van der Waals surface area contributed by atoms with Crippen molar-refractivity contribution in [1.82, 2.24) is 10.2 Å². The zero-order valence-corrected chi connectivity index (χ0v) is 15.8. The summed E-state index contributed by atoms with van der Waals surface area (Å²) in [6.07, 6.45) is -4.88. The molecular weight excluding hydrogens is 400 g/mol. The van der Waals surface area contributed by atoms with Crippen LogP contribution in [0.25, 0.3) is 0 Å². The summed E-state index contributed by atoms with van der Waals surface area (Å²) in [6.45, 7) is 2.10. The first-order valence-corrected chi connectivity index (χ1v) is 9.07. The van der Waals surface area contributed by atoms with Crippen LogP contribution in [0.2, 0.25) is 10.0 Å². The van der Waals surface area contributed by atoms with Gasteiger partial charge in [0.15, 0.2) is 0 Å². The third kappa shape index (κ3) is 4.39. The predicted octanol–water partition coefficient (Wildman–Crippen LogP) is 4.83. The van der Waals surface area contributed by atoms with Crippen LogP contribution in [0.5, 0.6) is 0 Å². The minimum Gasteiger partial charge on any atom is -0.343 e. The highest BCUT2D eigenvalue weighted by molar-refractivity contribution is 6.30. The number of halogens is 5. The average molecular weight is 417 g/mol. The number of rotatable bonds is 4. The number of nitrogens with one attached hydrogen (secondary N) is 1. The Hall–Kier alpha value is -1.76. The van der Waals surface area contributed by atoms with Gasteiger partial charge in [0.2, 0.25) is 0 Å². The van der Waals surface area contributed by atoms with E-state index in [2.05, 4.69) is 5.32 Å². The largest absolute Gasteiger partial charge is 0.471 e. The summed E-state index contributed by atoms with van der Waals surface area (Å²) in [7, 11) is 0. The molecule has 0 bridgehead atoms. The fourth-order valence-electron chi connectivity index (χ4n) is 3.26. The molecule has 0 aromatic heterocycles. The lowest BCUT2D eigenvalue weighted by molar-refractivity contribution is -0.176. The van der Waals surface area contributed by atoms with E-state index in [0.29, 0.717) is 16.6 Å². The number of hydrogen-bond donors (Lipinski definition) is 1. The van der Waals surface area contributed by atoms with Crippen LogP contribution in [0, 0.1) is 0 Å². The van der Waals surface area contributed by atoms with Crippen molar-refractivity contribution in [3.05, 3.63) is 69.7 Å². The minimum absolute atomic E-state index is 0.187. The Labute approximate surface area is 165 Å². The maximum absolute atomic E-state index is 12.5. The second-order valence-electron chi connectivity index (χ2n) is 6.52. The van der Waals surface area contributed by atoms with Gasteiger partial charge in [0.05, 0.1) is 12.1 Å². The number of nitrogens with zero attached hydrogens (tertiary/aromatic N) is 1. The van der Waals surface area contributed by atoms with Crippen molar-refractivity contribution in [1.29, 1.82) is 0 Å². The van der Waals surface area contributed by atoms with Crippen LogP contribution in [0.1, 0.15) is 24.1 Å². The molecule has 0 unspecified atom stereocenters. The summed E-state index contributed by atoms with van der Waals surface area (Å²) in [5, 5.41) is 3.26. The summed E-state index contributed by atoms with van der Waals surface area (Å²) in [6, 6.07) is 13.6. The van der Waals surface area contributed by atoms with Crippen molar-refractivity contribution in [3.63, 3.8) is 0 Å². The summed E-state index contributed by atoms with van der Waals surface area (Å²) < 4.78 is 37.5. The number of alkyl halides is 3. The molecule has 2 atom stereocenters. The monoisotopic (exact) mass is 416 g/mol. The summed E-state index contributed by atoms with van der Waals surface area (Å²) in [4.78, 5) is 13.3. The van der Waals surface area contributed by atoms with Crippen LogP contribution in [-0.2, 0) is 4.79 Å². The molecule has 0 saturated carbocycles. The minimum atomic E-state index is -4.88. The van der Waals surface area contributed by atoms with Crippen molar-refractivity contribution >= 4 is 29.1 Å². The zero-order valence-electron chi connectivity index (χ0n) is 14.3. The summed E-state index contributed by atoms with van der Waals surface area (Å²) in [5.41, 5.74) is 1.91. The van der Waals surface area contributed by atoms with E-state index in [9.17, 15) is 18.0 Å². The molecule has 1 saturated heterocycles. The molecule has 2 aromatic rings. The van der Waals surface area contributed by atoms with E-state index in [4.69, 9.17) is 23.2 Å². The van der Waals surface area contributed by atoms with Gasteiger partial charge in [-0.2, -0.15) is 13.2 Å². The molecule has 1 aliphatic rings. The molecule has 3 nitrogen and oxygen atoms in total. The Kier molecular flexibility index (Phi) is 5.70. The van der Waals surface area contributed by atoms with Gasteiger partial charge in [-0.1, -0.05) is 47.5 Å². The SMILES string of the molecule is C[C@H]1[C@H](NC(=O)C(F)(F)F)CN1C(c1ccc(Cl)cc1)c1ccc(Cl)cc1. The number of carbonyl (C=O) groups excluding carboxylic acids is 1.